The minimum atomic E-state index is 0.803. The molecule has 1 aromatic heterocycles. The fourth-order valence-corrected chi connectivity index (χ4v) is 2.36. The Morgan fingerprint density at radius 2 is 1.80 bits per heavy atom. The predicted molar refractivity (Wildman–Crippen MR) is 79.6 cm³/mol. The van der Waals surface area contributed by atoms with Crippen molar-refractivity contribution < 1.29 is 4.42 Å². The third kappa shape index (κ3) is 3.48. The molecule has 0 unspecified atom stereocenters. The van der Waals surface area contributed by atoms with Gasteiger partial charge >= 0.3 is 0 Å². The van der Waals surface area contributed by atoms with Gasteiger partial charge in [-0.05, 0) is 17.7 Å². The lowest BCUT2D eigenvalue weighted by Crippen LogP contribution is -2.43. The smallest absolute Gasteiger partial charge is 0.146 e. The normalized spacial score (nSPS) is 16.9. The number of rotatable bonds is 4. The highest BCUT2D eigenvalue weighted by molar-refractivity contribution is 5.75. The van der Waals surface area contributed by atoms with Gasteiger partial charge in [0.05, 0.1) is 12.5 Å². The molecule has 0 saturated carbocycles. The lowest BCUT2D eigenvalue weighted by Gasteiger charge is -2.32. The van der Waals surface area contributed by atoms with Crippen LogP contribution in [0.15, 0.2) is 58.2 Å². The van der Waals surface area contributed by atoms with Crippen molar-refractivity contribution in [3.8, 4) is 0 Å². The van der Waals surface area contributed by atoms with Crippen molar-refractivity contribution >= 4 is 6.21 Å². The molecule has 0 radical (unpaired) electrons. The molecule has 2 aromatic rings. The minimum absolute atomic E-state index is 0.803. The van der Waals surface area contributed by atoms with E-state index in [1.165, 1.54) is 5.56 Å². The first-order chi connectivity index (χ1) is 9.90. The summed E-state index contributed by atoms with van der Waals surface area (Å²) in [6.07, 6.45) is 3.45. The van der Waals surface area contributed by atoms with Gasteiger partial charge in [-0.3, -0.25) is 9.91 Å². The van der Waals surface area contributed by atoms with Crippen LogP contribution < -0.4 is 0 Å². The third-order valence-electron chi connectivity index (χ3n) is 3.49. The molecule has 1 fully saturated rings. The van der Waals surface area contributed by atoms with Crippen LogP contribution in [-0.4, -0.2) is 42.3 Å². The van der Waals surface area contributed by atoms with E-state index in [2.05, 4.69) is 45.3 Å². The summed E-state index contributed by atoms with van der Waals surface area (Å²) in [6.45, 7) is 5.04. The van der Waals surface area contributed by atoms with E-state index in [-0.39, 0.29) is 0 Å². The SMILES string of the molecule is C(=N\N1CCN(Cc2ccccc2)CC1)/c1ccco1. The molecular weight excluding hydrogens is 250 g/mol. The molecule has 20 heavy (non-hydrogen) atoms. The summed E-state index contributed by atoms with van der Waals surface area (Å²) in [4.78, 5) is 2.47. The second-order valence-corrected chi connectivity index (χ2v) is 4.98. The molecule has 3 rings (SSSR count). The van der Waals surface area contributed by atoms with Gasteiger partial charge in [0, 0.05) is 32.7 Å². The molecule has 0 atom stereocenters. The molecule has 1 aliphatic rings. The molecule has 4 nitrogen and oxygen atoms in total. The zero-order valence-electron chi connectivity index (χ0n) is 11.5. The highest BCUT2D eigenvalue weighted by Gasteiger charge is 2.15. The van der Waals surface area contributed by atoms with E-state index in [4.69, 9.17) is 4.42 Å². The molecule has 1 aliphatic heterocycles. The van der Waals surface area contributed by atoms with E-state index < -0.39 is 0 Å². The number of hydrogen-bond acceptors (Lipinski definition) is 4. The first kappa shape index (κ1) is 12.9. The second kappa shape index (κ2) is 6.39. The Kier molecular flexibility index (Phi) is 4.13. The Morgan fingerprint density at radius 3 is 2.50 bits per heavy atom. The minimum Gasteiger partial charge on any atom is -0.463 e. The van der Waals surface area contributed by atoms with Crippen LogP contribution in [0.4, 0.5) is 0 Å². The largest absolute Gasteiger partial charge is 0.463 e. The van der Waals surface area contributed by atoms with Crippen LogP contribution in [0, 0.1) is 0 Å². The van der Waals surface area contributed by atoms with E-state index in [0.717, 1.165) is 38.5 Å². The van der Waals surface area contributed by atoms with Crippen molar-refractivity contribution in [3.05, 3.63) is 60.1 Å². The van der Waals surface area contributed by atoms with Crippen LogP contribution in [0.25, 0.3) is 0 Å². The van der Waals surface area contributed by atoms with Gasteiger partial charge in [0.2, 0.25) is 0 Å². The quantitative estimate of drug-likeness (QED) is 0.799. The van der Waals surface area contributed by atoms with Gasteiger partial charge in [0.15, 0.2) is 0 Å². The van der Waals surface area contributed by atoms with Crippen molar-refractivity contribution in [2.45, 2.75) is 6.54 Å². The summed E-state index contributed by atoms with van der Waals surface area (Å²) in [7, 11) is 0. The Morgan fingerprint density at radius 1 is 1.00 bits per heavy atom. The zero-order valence-corrected chi connectivity index (χ0v) is 11.5. The fraction of sp³-hybridized carbons (Fsp3) is 0.312. The molecule has 0 aliphatic carbocycles. The van der Waals surface area contributed by atoms with Crippen LogP contribution in [0.2, 0.25) is 0 Å². The summed E-state index contributed by atoms with van der Waals surface area (Å²) in [5.74, 6) is 0.803. The Bertz CT molecular complexity index is 528. The molecule has 0 bridgehead atoms. The average molecular weight is 269 g/mol. The van der Waals surface area contributed by atoms with E-state index in [1.807, 2.05) is 12.1 Å². The molecule has 0 N–H and O–H groups in total. The summed E-state index contributed by atoms with van der Waals surface area (Å²) in [6, 6.07) is 14.4. The molecular formula is C16H19N3O. The van der Waals surface area contributed by atoms with Gasteiger partial charge in [0.25, 0.3) is 0 Å². The zero-order chi connectivity index (χ0) is 13.6. The molecule has 1 aromatic carbocycles. The standard InChI is InChI=1S/C16H19N3O/c1-2-5-15(6-3-1)14-18-8-10-19(11-9-18)17-13-16-7-4-12-20-16/h1-7,12-13H,8-11,14H2/b17-13+. The number of benzene rings is 1. The Labute approximate surface area is 119 Å². The van der Waals surface area contributed by atoms with E-state index in [1.54, 1.807) is 12.5 Å². The second-order valence-electron chi connectivity index (χ2n) is 4.98. The summed E-state index contributed by atoms with van der Waals surface area (Å²) < 4.78 is 5.24. The van der Waals surface area contributed by atoms with E-state index in [0.29, 0.717) is 0 Å². The van der Waals surface area contributed by atoms with Crippen LogP contribution in [-0.2, 0) is 6.54 Å². The lowest BCUT2D eigenvalue weighted by molar-refractivity contribution is 0.131. The van der Waals surface area contributed by atoms with E-state index in [9.17, 15) is 0 Å². The molecule has 0 spiro atoms. The topological polar surface area (TPSA) is 32.0 Å². The van der Waals surface area contributed by atoms with Crippen LogP contribution in [0.1, 0.15) is 11.3 Å². The molecule has 0 amide bonds. The highest BCUT2D eigenvalue weighted by atomic mass is 16.3. The van der Waals surface area contributed by atoms with Gasteiger partial charge in [-0.15, -0.1) is 0 Å². The van der Waals surface area contributed by atoms with Crippen molar-refractivity contribution in [1.82, 2.24) is 9.91 Å². The van der Waals surface area contributed by atoms with Crippen molar-refractivity contribution in [2.75, 3.05) is 26.2 Å². The van der Waals surface area contributed by atoms with Crippen LogP contribution >= 0.6 is 0 Å². The van der Waals surface area contributed by atoms with Gasteiger partial charge in [-0.1, -0.05) is 30.3 Å². The number of hydrazone groups is 1. The number of piperazine rings is 1. The van der Waals surface area contributed by atoms with Crippen LogP contribution in [0.5, 0.6) is 0 Å². The highest BCUT2D eigenvalue weighted by Crippen LogP contribution is 2.08. The number of furan rings is 1. The van der Waals surface area contributed by atoms with Gasteiger partial charge in [-0.2, -0.15) is 5.10 Å². The van der Waals surface area contributed by atoms with Crippen molar-refractivity contribution in [3.63, 3.8) is 0 Å². The monoisotopic (exact) mass is 269 g/mol. The summed E-state index contributed by atoms with van der Waals surface area (Å²) in [5.41, 5.74) is 1.38. The maximum absolute atomic E-state index is 5.24. The summed E-state index contributed by atoms with van der Waals surface area (Å²) >= 11 is 0. The molecule has 2 heterocycles. The van der Waals surface area contributed by atoms with Gasteiger partial charge < -0.3 is 4.42 Å². The maximum Gasteiger partial charge on any atom is 0.146 e. The Balaban J connectivity index is 1.47. The van der Waals surface area contributed by atoms with Crippen molar-refractivity contribution in [2.24, 2.45) is 5.10 Å². The fourth-order valence-electron chi connectivity index (χ4n) is 2.36. The van der Waals surface area contributed by atoms with Crippen LogP contribution in [0.3, 0.4) is 0 Å². The van der Waals surface area contributed by atoms with Gasteiger partial charge in [0.1, 0.15) is 5.76 Å². The first-order valence-corrected chi connectivity index (χ1v) is 6.99. The number of nitrogens with zero attached hydrogens (tertiary/aromatic N) is 3. The molecule has 104 valence electrons. The third-order valence-corrected chi connectivity index (χ3v) is 3.49. The predicted octanol–water partition coefficient (Wildman–Crippen LogP) is 2.43. The maximum atomic E-state index is 5.24. The van der Waals surface area contributed by atoms with E-state index >= 15 is 0 Å². The Hall–Kier alpha value is -2.07. The molecule has 4 heteroatoms. The molecule has 1 saturated heterocycles. The summed E-state index contributed by atoms with van der Waals surface area (Å²) in [5, 5.41) is 6.56. The first-order valence-electron chi connectivity index (χ1n) is 6.99. The van der Waals surface area contributed by atoms with Crippen molar-refractivity contribution in [1.29, 1.82) is 0 Å². The lowest BCUT2D eigenvalue weighted by atomic mass is 10.2. The number of hydrogen-bond donors (Lipinski definition) is 0. The average Bonchev–Trinajstić information content (AvgIpc) is 3.01. The van der Waals surface area contributed by atoms with Gasteiger partial charge in [-0.25, -0.2) is 0 Å².